The minimum Gasteiger partial charge on any atom is -0.416 e. The van der Waals surface area contributed by atoms with Crippen LogP contribution in [0, 0.1) is 0 Å². The quantitative estimate of drug-likeness (QED) is 0.184. The van der Waals surface area contributed by atoms with Gasteiger partial charge in [-0.2, -0.15) is 0 Å². The van der Waals surface area contributed by atoms with E-state index in [1.165, 1.54) is 55.2 Å². The first-order valence-electron chi connectivity index (χ1n) is 15.9. The summed E-state index contributed by atoms with van der Waals surface area (Å²) >= 11 is 0. The first-order valence-corrected chi connectivity index (χ1v) is 15.9. The summed E-state index contributed by atoms with van der Waals surface area (Å²) in [4.78, 5) is 0. The topological polar surface area (TPSA) is 43.9 Å². The molecule has 6 aromatic carbocycles. The summed E-state index contributed by atoms with van der Waals surface area (Å²) in [5.41, 5.74) is 12.8. The SMILES string of the molecule is CCc1ccc(-c2ccc3c(c2)c2cc(-c4ccc(CC)cc4)ccc2n3-c2ccc(-c3nnc(-c4ccccc4)o3)cc2)cc1. The van der Waals surface area contributed by atoms with Crippen LogP contribution in [0.3, 0.4) is 0 Å². The van der Waals surface area contributed by atoms with Crippen LogP contribution in [-0.4, -0.2) is 14.8 Å². The summed E-state index contributed by atoms with van der Waals surface area (Å²) < 4.78 is 8.39. The van der Waals surface area contributed by atoms with Gasteiger partial charge in [-0.15, -0.1) is 10.2 Å². The van der Waals surface area contributed by atoms with E-state index in [4.69, 9.17) is 4.42 Å². The molecule has 0 bridgehead atoms. The number of benzene rings is 6. The molecule has 0 N–H and O–H groups in total. The van der Waals surface area contributed by atoms with Crippen molar-refractivity contribution in [3.63, 3.8) is 0 Å². The maximum Gasteiger partial charge on any atom is 0.248 e. The van der Waals surface area contributed by atoms with Gasteiger partial charge in [0.05, 0.1) is 11.0 Å². The van der Waals surface area contributed by atoms with Crippen LogP contribution < -0.4 is 0 Å². The van der Waals surface area contributed by atoms with Crippen molar-refractivity contribution in [3.8, 4) is 50.8 Å². The van der Waals surface area contributed by atoms with E-state index in [2.05, 4.69) is 138 Å². The van der Waals surface area contributed by atoms with Crippen LogP contribution in [0.5, 0.6) is 0 Å². The van der Waals surface area contributed by atoms with Crippen molar-refractivity contribution in [2.24, 2.45) is 0 Å². The molecule has 0 saturated carbocycles. The molecule has 0 spiro atoms. The molecule has 8 rings (SSSR count). The van der Waals surface area contributed by atoms with Crippen LogP contribution in [0.25, 0.3) is 72.7 Å². The molecule has 0 aliphatic heterocycles. The fourth-order valence-electron chi connectivity index (χ4n) is 6.32. The van der Waals surface area contributed by atoms with Gasteiger partial charge in [0.25, 0.3) is 0 Å². The molecule has 46 heavy (non-hydrogen) atoms. The van der Waals surface area contributed by atoms with Crippen LogP contribution in [0.1, 0.15) is 25.0 Å². The second-order valence-electron chi connectivity index (χ2n) is 11.7. The van der Waals surface area contributed by atoms with E-state index >= 15 is 0 Å². The van der Waals surface area contributed by atoms with Crippen LogP contribution in [0.2, 0.25) is 0 Å². The van der Waals surface area contributed by atoms with Crippen LogP contribution in [0.15, 0.2) is 144 Å². The van der Waals surface area contributed by atoms with Gasteiger partial charge in [0.1, 0.15) is 0 Å². The average Bonchev–Trinajstić information content (AvgIpc) is 3.75. The predicted octanol–water partition coefficient (Wildman–Crippen LogP) is 11.0. The van der Waals surface area contributed by atoms with E-state index in [1.54, 1.807) is 0 Å². The first kappa shape index (κ1) is 27.8. The lowest BCUT2D eigenvalue weighted by Crippen LogP contribution is -1.94. The van der Waals surface area contributed by atoms with E-state index in [1.807, 2.05) is 30.3 Å². The molecule has 0 atom stereocenters. The Hall–Kier alpha value is -5.74. The molecule has 4 heteroatoms. The molecule has 0 aliphatic carbocycles. The van der Waals surface area contributed by atoms with Crippen molar-refractivity contribution in [1.29, 1.82) is 0 Å². The minimum atomic E-state index is 0.505. The third kappa shape index (κ3) is 4.98. The lowest BCUT2D eigenvalue weighted by Gasteiger charge is -2.09. The minimum absolute atomic E-state index is 0.505. The average molecular weight is 596 g/mol. The zero-order valence-electron chi connectivity index (χ0n) is 25.9. The Morgan fingerprint density at radius 2 is 0.891 bits per heavy atom. The summed E-state index contributed by atoms with van der Waals surface area (Å²) in [5, 5.41) is 11.1. The van der Waals surface area contributed by atoms with Gasteiger partial charge >= 0.3 is 0 Å². The van der Waals surface area contributed by atoms with E-state index in [-0.39, 0.29) is 0 Å². The first-order chi connectivity index (χ1) is 22.7. The van der Waals surface area contributed by atoms with E-state index in [0.717, 1.165) is 29.7 Å². The molecule has 0 unspecified atom stereocenters. The molecule has 222 valence electrons. The molecule has 0 amide bonds. The molecule has 8 aromatic rings. The molecular formula is C42H33N3O. The van der Waals surface area contributed by atoms with Crippen molar-refractivity contribution >= 4 is 21.8 Å². The zero-order valence-corrected chi connectivity index (χ0v) is 25.9. The van der Waals surface area contributed by atoms with Crippen molar-refractivity contribution in [2.45, 2.75) is 26.7 Å². The highest BCUT2D eigenvalue weighted by atomic mass is 16.4. The lowest BCUT2D eigenvalue weighted by molar-refractivity contribution is 0.584. The van der Waals surface area contributed by atoms with E-state index in [9.17, 15) is 0 Å². The standard InChI is InChI=1S/C42H33N3O/c1-3-28-10-14-30(15-11-28)34-20-24-39-37(26-34)38-27-35(31-16-12-29(4-2)13-17-31)21-25-40(38)45(39)36-22-18-33(19-23-36)42-44-43-41(46-42)32-8-6-5-7-9-32/h5-27H,3-4H2,1-2H3. The fraction of sp³-hybridized carbons (Fsp3) is 0.0952. The molecule has 4 nitrogen and oxygen atoms in total. The number of aromatic nitrogens is 3. The van der Waals surface area contributed by atoms with Crippen LogP contribution >= 0.6 is 0 Å². The number of rotatable bonds is 7. The maximum atomic E-state index is 6.04. The summed E-state index contributed by atoms with van der Waals surface area (Å²) in [6.07, 6.45) is 2.07. The molecular weight excluding hydrogens is 562 g/mol. The number of hydrogen-bond donors (Lipinski definition) is 0. The van der Waals surface area contributed by atoms with Gasteiger partial charge in [0.15, 0.2) is 0 Å². The summed E-state index contributed by atoms with van der Waals surface area (Å²) in [6, 6.07) is 49.8. The van der Waals surface area contributed by atoms with Crippen molar-refractivity contribution in [3.05, 3.63) is 151 Å². The van der Waals surface area contributed by atoms with Gasteiger partial charge in [0.2, 0.25) is 11.8 Å². The van der Waals surface area contributed by atoms with Crippen LogP contribution in [0.4, 0.5) is 0 Å². The highest BCUT2D eigenvalue weighted by Gasteiger charge is 2.16. The second kappa shape index (κ2) is 11.6. The van der Waals surface area contributed by atoms with Crippen molar-refractivity contribution in [2.75, 3.05) is 0 Å². The third-order valence-electron chi connectivity index (χ3n) is 8.97. The summed E-state index contributed by atoms with van der Waals surface area (Å²) in [6.45, 7) is 4.39. The summed E-state index contributed by atoms with van der Waals surface area (Å²) in [5.74, 6) is 1.02. The highest BCUT2D eigenvalue weighted by Crippen LogP contribution is 2.38. The van der Waals surface area contributed by atoms with Gasteiger partial charge in [-0.3, -0.25) is 0 Å². The monoisotopic (exact) mass is 595 g/mol. The number of fused-ring (bicyclic) bond motifs is 3. The Labute approximate surface area is 268 Å². The van der Waals surface area contributed by atoms with Gasteiger partial charge < -0.3 is 8.98 Å². The third-order valence-corrected chi connectivity index (χ3v) is 8.97. The van der Waals surface area contributed by atoms with Gasteiger partial charge in [-0.05, 0) is 107 Å². The second-order valence-corrected chi connectivity index (χ2v) is 11.7. The van der Waals surface area contributed by atoms with Gasteiger partial charge in [-0.25, -0.2) is 0 Å². The Morgan fingerprint density at radius 1 is 0.457 bits per heavy atom. The Kier molecular flexibility index (Phi) is 7.03. The molecule has 2 aromatic heterocycles. The number of hydrogen-bond acceptors (Lipinski definition) is 3. The van der Waals surface area contributed by atoms with E-state index < -0.39 is 0 Å². The largest absolute Gasteiger partial charge is 0.416 e. The Bertz CT molecular complexity index is 2190. The normalized spacial score (nSPS) is 11.4. The molecule has 2 heterocycles. The number of nitrogens with zero attached hydrogens (tertiary/aromatic N) is 3. The fourth-order valence-corrected chi connectivity index (χ4v) is 6.32. The summed E-state index contributed by atoms with van der Waals surface area (Å²) in [7, 11) is 0. The molecule has 0 fully saturated rings. The number of aryl methyl sites for hydroxylation is 2. The Morgan fingerprint density at radius 3 is 1.37 bits per heavy atom. The van der Waals surface area contributed by atoms with Crippen molar-refractivity contribution < 1.29 is 4.42 Å². The maximum absolute atomic E-state index is 6.04. The lowest BCUT2D eigenvalue weighted by atomic mass is 9.99. The molecule has 0 radical (unpaired) electrons. The smallest absolute Gasteiger partial charge is 0.248 e. The van der Waals surface area contributed by atoms with Gasteiger partial charge in [0, 0.05) is 27.6 Å². The predicted molar refractivity (Wildman–Crippen MR) is 189 cm³/mol. The highest BCUT2D eigenvalue weighted by molar-refractivity contribution is 6.11. The molecule has 0 aliphatic rings. The zero-order chi connectivity index (χ0) is 31.0. The van der Waals surface area contributed by atoms with Crippen LogP contribution in [-0.2, 0) is 12.8 Å². The van der Waals surface area contributed by atoms with Crippen molar-refractivity contribution in [1.82, 2.24) is 14.8 Å². The van der Waals surface area contributed by atoms with Gasteiger partial charge in [-0.1, -0.05) is 92.7 Å². The molecule has 0 saturated heterocycles. The Balaban J connectivity index is 1.24. The van der Waals surface area contributed by atoms with E-state index in [0.29, 0.717) is 11.8 Å².